The number of carbonyl (C=O) groups is 2. The Kier molecular flexibility index (Phi) is 5.17. The molecule has 3 N–H and O–H groups in total. The van der Waals surface area contributed by atoms with Crippen LogP contribution in [0.4, 0.5) is 4.39 Å². The summed E-state index contributed by atoms with van der Waals surface area (Å²) in [5.74, 6) is -0.635. The molecule has 0 spiro atoms. The molecule has 1 saturated heterocycles. The summed E-state index contributed by atoms with van der Waals surface area (Å²) in [6.07, 6.45) is 0.305. The van der Waals surface area contributed by atoms with E-state index in [2.05, 4.69) is 5.32 Å². The fourth-order valence-corrected chi connectivity index (χ4v) is 3.55. The summed E-state index contributed by atoms with van der Waals surface area (Å²) >= 11 is 0. The molecule has 2 aromatic carbocycles. The molecular weight excluding hydrogens is 391 g/mol. The number of benzene rings is 2. The lowest BCUT2D eigenvalue weighted by atomic mass is 9.97. The van der Waals surface area contributed by atoms with Gasteiger partial charge < -0.3 is 24.9 Å². The first-order valence-corrected chi connectivity index (χ1v) is 9.49. The molecule has 1 aromatic heterocycles. The van der Waals surface area contributed by atoms with Crippen LogP contribution in [0.5, 0.6) is 5.75 Å². The summed E-state index contributed by atoms with van der Waals surface area (Å²) in [6.45, 7) is 2.07. The minimum absolute atomic E-state index is 0.0277. The smallest absolute Gasteiger partial charge is 0.256 e. The molecule has 1 atom stereocenters. The Hall–Kier alpha value is -3.39. The molecule has 7 nitrogen and oxygen atoms in total. The molecule has 2 heterocycles. The van der Waals surface area contributed by atoms with E-state index in [4.69, 9.17) is 19.6 Å². The van der Waals surface area contributed by atoms with Crippen LogP contribution in [0.15, 0.2) is 46.9 Å². The van der Waals surface area contributed by atoms with E-state index >= 15 is 0 Å². The van der Waals surface area contributed by atoms with E-state index in [0.29, 0.717) is 41.1 Å². The number of fused-ring (bicyclic) bond motifs is 1. The molecule has 1 aliphatic rings. The lowest BCUT2D eigenvalue weighted by molar-refractivity contribution is -0.124. The average Bonchev–Trinajstić information content (AvgIpc) is 3.31. The van der Waals surface area contributed by atoms with E-state index in [0.717, 1.165) is 0 Å². The number of nitrogens with two attached hydrogens (primary N) is 1. The van der Waals surface area contributed by atoms with Crippen molar-refractivity contribution in [3.8, 4) is 5.75 Å². The molecule has 2 amide bonds. The number of rotatable bonds is 6. The van der Waals surface area contributed by atoms with Gasteiger partial charge in [0.15, 0.2) is 0 Å². The molecule has 30 heavy (non-hydrogen) atoms. The second kappa shape index (κ2) is 7.79. The van der Waals surface area contributed by atoms with Crippen molar-refractivity contribution < 1.29 is 27.9 Å². The second-order valence-electron chi connectivity index (χ2n) is 7.27. The lowest BCUT2D eigenvalue weighted by Gasteiger charge is -2.24. The van der Waals surface area contributed by atoms with Crippen molar-refractivity contribution in [2.45, 2.75) is 25.5 Å². The lowest BCUT2D eigenvalue weighted by Crippen LogP contribution is -2.58. The van der Waals surface area contributed by atoms with E-state index in [-0.39, 0.29) is 24.6 Å². The molecule has 0 aliphatic carbocycles. The van der Waals surface area contributed by atoms with Crippen LogP contribution in [0.25, 0.3) is 11.0 Å². The zero-order valence-electron chi connectivity index (χ0n) is 16.4. The molecule has 1 aliphatic heterocycles. The average molecular weight is 412 g/mol. The number of aryl methyl sites for hydroxylation is 1. The Morgan fingerprint density at radius 3 is 2.77 bits per heavy atom. The normalized spacial score (nSPS) is 18.5. The number of furan rings is 1. The molecule has 4 rings (SSSR count). The highest BCUT2D eigenvalue weighted by Gasteiger charge is 2.43. The highest BCUT2D eigenvalue weighted by molar-refractivity contribution is 6.09. The Balaban J connectivity index is 1.61. The van der Waals surface area contributed by atoms with Crippen LogP contribution in [0, 0.1) is 12.7 Å². The van der Waals surface area contributed by atoms with Crippen LogP contribution in [0.3, 0.4) is 0 Å². The van der Waals surface area contributed by atoms with E-state index in [1.165, 1.54) is 6.07 Å². The van der Waals surface area contributed by atoms with Gasteiger partial charge in [0, 0.05) is 24.0 Å². The van der Waals surface area contributed by atoms with Gasteiger partial charge in [0.1, 0.15) is 35.1 Å². The quantitative estimate of drug-likeness (QED) is 0.648. The van der Waals surface area contributed by atoms with E-state index in [1.807, 2.05) is 0 Å². The number of ether oxygens (including phenoxy) is 2. The van der Waals surface area contributed by atoms with Gasteiger partial charge >= 0.3 is 0 Å². The summed E-state index contributed by atoms with van der Waals surface area (Å²) in [6, 6.07) is 11.4. The summed E-state index contributed by atoms with van der Waals surface area (Å²) in [7, 11) is 0. The van der Waals surface area contributed by atoms with Crippen LogP contribution >= 0.6 is 0 Å². The van der Waals surface area contributed by atoms with Crippen molar-refractivity contribution in [1.82, 2.24) is 5.32 Å². The number of carbonyl (C=O) groups excluding carboxylic acids is 2. The van der Waals surface area contributed by atoms with Crippen molar-refractivity contribution in [3.05, 3.63) is 65.2 Å². The first-order valence-electron chi connectivity index (χ1n) is 9.49. The van der Waals surface area contributed by atoms with E-state index in [9.17, 15) is 14.0 Å². The summed E-state index contributed by atoms with van der Waals surface area (Å²) < 4.78 is 30.5. The molecule has 3 aromatic rings. The fourth-order valence-electron chi connectivity index (χ4n) is 3.55. The predicted molar refractivity (Wildman–Crippen MR) is 107 cm³/mol. The molecular formula is C22H21FN2O5. The zero-order valence-corrected chi connectivity index (χ0v) is 16.4. The summed E-state index contributed by atoms with van der Waals surface area (Å²) in [5, 5.41) is 3.25. The Morgan fingerprint density at radius 1 is 1.27 bits per heavy atom. The topological polar surface area (TPSA) is 104 Å². The highest BCUT2D eigenvalue weighted by atomic mass is 19.1. The van der Waals surface area contributed by atoms with Gasteiger partial charge in [0.05, 0.1) is 12.2 Å². The monoisotopic (exact) mass is 412 g/mol. The Labute approximate surface area is 171 Å². The van der Waals surface area contributed by atoms with Gasteiger partial charge in [-0.15, -0.1) is 0 Å². The molecule has 0 bridgehead atoms. The van der Waals surface area contributed by atoms with Crippen molar-refractivity contribution in [1.29, 1.82) is 0 Å². The van der Waals surface area contributed by atoms with Crippen LogP contribution in [-0.2, 0) is 16.1 Å². The maximum absolute atomic E-state index is 13.8. The van der Waals surface area contributed by atoms with Gasteiger partial charge in [-0.25, -0.2) is 4.39 Å². The number of nitrogens with one attached hydrogen (secondary N) is 1. The van der Waals surface area contributed by atoms with Crippen molar-refractivity contribution in [2.24, 2.45) is 5.73 Å². The van der Waals surface area contributed by atoms with Crippen LogP contribution in [0.1, 0.15) is 28.1 Å². The van der Waals surface area contributed by atoms with Crippen LogP contribution in [0.2, 0.25) is 0 Å². The number of hydrogen-bond donors (Lipinski definition) is 2. The second-order valence-corrected chi connectivity index (χ2v) is 7.27. The zero-order chi connectivity index (χ0) is 21.3. The minimum atomic E-state index is -1.24. The first-order chi connectivity index (χ1) is 14.4. The largest absolute Gasteiger partial charge is 0.489 e. The number of primary amides is 1. The third-order valence-corrected chi connectivity index (χ3v) is 5.26. The van der Waals surface area contributed by atoms with Gasteiger partial charge in [-0.2, -0.15) is 0 Å². The Bertz CT molecular complexity index is 1120. The standard InChI is InChI=1S/C22H21FN2O5/c1-13-19(20(26)25-22(21(24)27)8-9-28-12-22)16-10-15(6-7-18(16)30-13)29-11-14-4-2-3-5-17(14)23/h2-7,10H,8-9,11-12H2,1H3,(H2,24,27)(H,25,26). The molecule has 0 radical (unpaired) electrons. The predicted octanol–water partition coefficient (Wildman–Crippen LogP) is 2.83. The Morgan fingerprint density at radius 2 is 2.07 bits per heavy atom. The van der Waals surface area contributed by atoms with Gasteiger partial charge in [0.2, 0.25) is 5.91 Å². The van der Waals surface area contributed by atoms with E-state index in [1.54, 1.807) is 43.3 Å². The third-order valence-electron chi connectivity index (χ3n) is 5.26. The van der Waals surface area contributed by atoms with Crippen LogP contribution in [-0.4, -0.2) is 30.6 Å². The minimum Gasteiger partial charge on any atom is -0.489 e. The van der Waals surface area contributed by atoms with Gasteiger partial charge in [-0.1, -0.05) is 18.2 Å². The first kappa shape index (κ1) is 19.9. The van der Waals surface area contributed by atoms with Crippen LogP contribution < -0.4 is 15.8 Å². The molecule has 1 fully saturated rings. The number of halogens is 1. The number of hydrogen-bond acceptors (Lipinski definition) is 5. The highest BCUT2D eigenvalue weighted by Crippen LogP contribution is 2.30. The van der Waals surface area contributed by atoms with Crippen molar-refractivity contribution >= 4 is 22.8 Å². The summed E-state index contributed by atoms with van der Waals surface area (Å²) in [4.78, 5) is 24.9. The molecule has 8 heteroatoms. The maximum Gasteiger partial charge on any atom is 0.256 e. The molecule has 0 saturated carbocycles. The SMILES string of the molecule is Cc1oc2ccc(OCc3ccccc3F)cc2c1C(=O)NC1(C(N)=O)CCOC1. The number of amides is 2. The van der Waals surface area contributed by atoms with Crippen molar-refractivity contribution in [3.63, 3.8) is 0 Å². The summed E-state index contributed by atoms with van der Waals surface area (Å²) in [5.41, 5.74) is 5.46. The van der Waals surface area contributed by atoms with E-state index < -0.39 is 17.4 Å². The fraction of sp³-hybridized carbons (Fsp3) is 0.273. The van der Waals surface area contributed by atoms with Gasteiger partial charge in [0.25, 0.3) is 5.91 Å². The molecule has 1 unspecified atom stereocenters. The van der Waals surface area contributed by atoms with Gasteiger partial charge in [-0.3, -0.25) is 9.59 Å². The molecule has 156 valence electrons. The maximum atomic E-state index is 13.8. The van der Waals surface area contributed by atoms with Crippen molar-refractivity contribution in [2.75, 3.05) is 13.2 Å². The third kappa shape index (κ3) is 3.61. The van der Waals surface area contributed by atoms with Gasteiger partial charge in [-0.05, 0) is 31.2 Å².